The summed E-state index contributed by atoms with van der Waals surface area (Å²) in [7, 11) is 1.59. The number of methoxy groups -OCH3 is 1. The summed E-state index contributed by atoms with van der Waals surface area (Å²) in [5, 5.41) is 4.36. The second-order valence-electron chi connectivity index (χ2n) is 5.39. The molecule has 24 heavy (non-hydrogen) atoms. The van der Waals surface area contributed by atoms with Crippen molar-refractivity contribution in [2.75, 3.05) is 7.11 Å². The van der Waals surface area contributed by atoms with Gasteiger partial charge in [-0.1, -0.05) is 28.9 Å². The minimum Gasteiger partial charge on any atom is -0.497 e. The highest BCUT2D eigenvalue weighted by Gasteiger charge is 2.24. The van der Waals surface area contributed by atoms with E-state index in [1.54, 1.807) is 37.4 Å². The first kappa shape index (κ1) is 16.3. The number of hydrogen-bond donors (Lipinski definition) is 0. The van der Waals surface area contributed by atoms with Crippen molar-refractivity contribution in [3.8, 4) is 11.5 Å². The molecule has 1 heterocycles. The molecule has 0 aromatic heterocycles. The van der Waals surface area contributed by atoms with E-state index in [4.69, 9.17) is 25.9 Å². The second kappa shape index (κ2) is 6.93. The molecule has 0 bridgehead atoms. The highest BCUT2D eigenvalue weighted by Crippen LogP contribution is 2.31. The Bertz CT molecular complexity index is 803. The van der Waals surface area contributed by atoms with Gasteiger partial charge in [0.05, 0.1) is 23.4 Å². The first-order valence-corrected chi connectivity index (χ1v) is 7.84. The number of rotatable bonds is 3. The Hall–Kier alpha value is -2.53. The zero-order valence-corrected chi connectivity index (χ0v) is 14.0. The smallest absolute Gasteiger partial charge is 0.367 e. The second-order valence-corrected chi connectivity index (χ2v) is 5.80. The molecule has 0 fully saturated rings. The molecule has 1 aliphatic heterocycles. The standard InChI is InChI=1S/C18H16ClNO4/c1-11-9-16(14-8-7-12(22-2)10-17(14)23-11)20-24-18(21)13-5-3-4-6-15(13)19/h3-8,10-11H,9H2,1-2H3/b20-16+/t11-/m1/s1. The molecule has 1 atom stereocenters. The van der Waals surface area contributed by atoms with Gasteiger partial charge in [0.1, 0.15) is 17.6 Å². The summed E-state index contributed by atoms with van der Waals surface area (Å²) in [6.45, 7) is 1.92. The predicted molar refractivity (Wildman–Crippen MR) is 91.1 cm³/mol. The van der Waals surface area contributed by atoms with Crippen molar-refractivity contribution >= 4 is 23.3 Å². The molecule has 0 spiro atoms. The van der Waals surface area contributed by atoms with Gasteiger partial charge in [0, 0.05) is 18.1 Å². The Kier molecular flexibility index (Phi) is 4.71. The third-order valence-electron chi connectivity index (χ3n) is 3.64. The summed E-state index contributed by atoms with van der Waals surface area (Å²) < 4.78 is 11.0. The van der Waals surface area contributed by atoms with E-state index in [1.807, 2.05) is 19.1 Å². The predicted octanol–water partition coefficient (Wildman–Crippen LogP) is 4.08. The van der Waals surface area contributed by atoms with Gasteiger partial charge < -0.3 is 14.3 Å². The lowest BCUT2D eigenvalue weighted by atomic mass is 10.0. The Balaban J connectivity index is 1.86. The Morgan fingerprint density at radius 1 is 1.29 bits per heavy atom. The van der Waals surface area contributed by atoms with Crippen molar-refractivity contribution in [2.24, 2.45) is 5.16 Å². The van der Waals surface area contributed by atoms with Crippen molar-refractivity contribution in [3.63, 3.8) is 0 Å². The minimum atomic E-state index is -0.595. The summed E-state index contributed by atoms with van der Waals surface area (Å²) in [5.41, 5.74) is 1.70. The molecule has 0 amide bonds. The number of benzene rings is 2. The highest BCUT2D eigenvalue weighted by atomic mass is 35.5. The molecule has 6 heteroatoms. The Labute approximate surface area is 144 Å². The van der Waals surface area contributed by atoms with Gasteiger partial charge in [0.15, 0.2) is 0 Å². The Morgan fingerprint density at radius 2 is 2.08 bits per heavy atom. The van der Waals surface area contributed by atoms with E-state index in [2.05, 4.69) is 5.16 Å². The van der Waals surface area contributed by atoms with Gasteiger partial charge in [-0.05, 0) is 31.2 Å². The molecule has 0 aliphatic carbocycles. The molecule has 3 rings (SSSR count). The first-order valence-electron chi connectivity index (χ1n) is 7.46. The van der Waals surface area contributed by atoms with Gasteiger partial charge in [-0.15, -0.1) is 0 Å². The summed E-state index contributed by atoms with van der Waals surface area (Å²) in [6.07, 6.45) is 0.456. The number of carbonyl (C=O) groups is 1. The van der Waals surface area contributed by atoms with Crippen LogP contribution in [0, 0.1) is 0 Å². The number of carbonyl (C=O) groups excluding carboxylic acids is 1. The molecule has 0 saturated heterocycles. The molecule has 0 N–H and O–H groups in total. The maximum atomic E-state index is 12.1. The topological polar surface area (TPSA) is 57.1 Å². The number of nitrogens with zero attached hydrogens (tertiary/aromatic N) is 1. The molecular formula is C18H16ClNO4. The number of hydrogen-bond acceptors (Lipinski definition) is 5. The summed E-state index contributed by atoms with van der Waals surface area (Å²) in [6, 6.07) is 12.1. The molecule has 1 aliphatic rings. The third kappa shape index (κ3) is 3.36. The normalized spacial score (nSPS) is 17.8. The molecule has 2 aromatic carbocycles. The zero-order chi connectivity index (χ0) is 17.1. The maximum Gasteiger partial charge on any atom is 0.367 e. The van der Waals surface area contributed by atoms with Crippen LogP contribution in [0.3, 0.4) is 0 Å². The lowest BCUT2D eigenvalue weighted by molar-refractivity contribution is 0.0513. The van der Waals surface area contributed by atoms with Crippen LogP contribution in [-0.2, 0) is 4.84 Å². The van der Waals surface area contributed by atoms with Crippen molar-refractivity contribution in [3.05, 3.63) is 58.6 Å². The van der Waals surface area contributed by atoms with E-state index in [0.29, 0.717) is 28.7 Å². The van der Waals surface area contributed by atoms with Crippen LogP contribution in [0.2, 0.25) is 5.02 Å². The van der Waals surface area contributed by atoms with Crippen molar-refractivity contribution < 1.29 is 19.1 Å². The fourth-order valence-corrected chi connectivity index (χ4v) is 2.68. The zero-order valence-electron chi connectivity index (χ0n) is 13.3. The van der Waals surface area contributed by atoms with Gasteiger partial charge in [0.25, 0.3) is 0 Å². The number of halogens is 1. The molecular weight excluding hydrogens is 330 g/mol. The van der Waals surface area contributed by atoms with E-state index >= 15 is 0 Å². The Morgan fingerprint density at radius 3 is 2.83 bits per heavy atom. The van der Waals surface area contributed by atoms with Gasteiger partial charge in [-0.3, -0.25) is 0 Å². The van der Waals surface area contributed by atoms with Crippen LogP contribution < -0.4 is 9.47 Å². The molecule has 0 saturated carbocycles. The van der Waals surface area contributed by atoms with Gasteiger partial charge in [-0.2, -0.15) is 0 Å². The maximum absolute atomic E-state index is 12.1. The van der Waals surface area contributed by atoms with E-state index in [-0.39, 0.29) is 11.7 Å². The fourth-order valence-electron chi connectivity index (χ4n) is 2.47. The van der Waals surface area contributed by atoms with Crippen LogP contribution in [0.1, 0.15) is 29.3 Å². The number of ether oxygens (including phenoxy) is 2. The lowest BCUT2D eigenvalue weighted by Gasteiger charge is -2.24. The van der Waals surface area contributed by atoms with Crippen LogP contribution in [0.5, 0.6) is 11.5 Å². The summed E-state index contributed by atoms with van der Waals surface area (Å²) in [5.74, 6) is 0.748. The van der Waals surface area contributed by atoms with Crippen molar-refractivity contribution in [1.82, 2.24) is 0 Å². The highest BCUT2D eigenvalue weighted by molar-refractivity contribution is 6.33. The van der Waals surface area contributed by atoms with Crippen molar-refractivity contribution in [1.29, 1.82) is 0 Å². The van der Waals surface area contributed by atoms with Crippen LogP contribution >= 0.6 is 11.6 Å². The van der Waals surface area contributed by atoms with Crippen LogP contribution in [0.15, 0.2) is 47.6 Å². The fraction of sp³-hybridized carbons (Fsp3) is 0.222. The SMILES string of the molecule is COc1ccc2c(c1)O[C@H](C)C/C2=N\OC(=O)c1ccccc1Cl. The lowest BCUT2D eigenvalue weighted by Crippen LogP contribution is -2.25. The van der Waals surface area contributed by atoms with Crippen molar-refractivity contribution in [2.45, 2.75) is 19.4 Å². The quantitative estimate of drug-likeness (QED) is 0.621. The molecule has 0 radical (unpaired) electrons. The molecule has 0 unspecified atom stereocenters. The first-order chi connectivity index (χ1) is 11.6. The van der Waals surface area contributed by atoms with E-state index in [1.165, 1.54) is 0 Å². The van der Waals surface area contributed by atoms with E-state index in [9.17, 15) is 4.79 Å². The number of oxime groups is 1. The van der Waals surface area contributed by atoms with Gasteiger partial charge in [-0.25, -0.2) is 4.79 Å². The van der Waals surface area contributed by atoms with E-state index in [0.717, 1.165) is 5.56 Å². The van der Waals surface area contributed by atoms with Crippen LogP contribution in [0.25, 0.3) is 0 Å². The van der Waals surface area contributed by atoms with E-state index < -0.39 is 5.97 Å². The summed E-state index contributed by atoms with van der Waals surface area (Å²) in [4.78, 5) is 17.2. The minimum absolute atomic E-state index is 0.0811. The van der Waals surface area contributed by atoms with Gasteiger partial charge in [0.2, 0.25) is 0 Å². The molecule has 5 nitrogen and oxygen atoms in total. The monoisotopic (exact) mass is 345 g/mol. The van der Waals surface area contributed by atoms with Crippen LogP contribution in [0.4, 0.5) is 0 Å². The average molecular weight is 346 g/mol. The average Bonchev–Trinajstić information content (AvgIpc) is 2.59. The molecule has 2 aromatic rings. The molecule has 124 valence electrons. The third-order valence-corrected chi connectivity index (χ3v) is 3.97. The van der Waals surface area contributed by atoms with Crippen LogP contribution in [-0.4, -0.2) is 24.9 Å². The largest absolute Gasteiger partial charge is 0.497 e. The number of fused-ring (bicyclic) bond motifs is 1. The summed E-state index contributed by atoms with van der Waals surface area (Å²) >= 11 is 6.00. The van der Waals surface area contributed by atoms with Gasteiger partial charge >= 0.3 is 5.97 Å².